The smallest absolute Gasteiger partial charge is 0.374 e. The van der Waals surface area contributed by atoms with E-state index in [2.05, 4.69) is 25.2 Å². The molecule has 1 saturated heterocycles. The number of alkyl halides is 3. The van der Waals surface area contributed by atoms with Gasteiger partial charge in [-0.3, -0.25) is 9.88 Å². The lowest BCUT2D eigenvalue weighted by atomic mass is 10.0. The van der Waals surface area contributed by atoms with E-state index in [1.54, 1.807) is 22.8 Å². The van der Waals surface area contributed by atoms with Crippen molar-refractivity contribution in [3.8, 4) is 17.1 Å². The Hall–Kier alpha value is -4.06. The molecule has 3 aromatic heterocycles. The normalized spacial score (nSPS) is 15.4. The minimum atomic E-state index is -4.56. The first-order chi connectivity index (χ1) is 19.8. The number of aliphatic hydroxyl groups excluding tert-OH is 1. The van der Waals surface area contributed by atoms with E-state index in [1.807, 2.05) is 36.4 Å². The van der Waals surface area contributed by atoms with Gasteiger partial charge in [-0.25, -0.2) is 19.9 Å². The summed E-state index contributed by atoms with van der Waals surface area (Å²) < 4.78 is 41.3. The molecule has 5 aromatic rings. The largest absolute Gasteiger partial charge is 0.433 e. The summed E-state index contributed by atoms with van der Waals surface area (Å²) in [5.41, 5.74) is 1.69. The second-order valence-corrected chi connectivity index (χ2v) is 10.2. The molecule has 12 heteroatoms. The molecule has 210 valence electrons. The summed E-state index contributed by atoms with van der Waals surface area (Å²) in [6.07, 6.45) is -1.22. The third kappa shape index (κ3) is 5.48. The van der Waals surface area contributed by atoms with Crippen molar-refractivity contribution in [3.05, 3.63) is 95.5 Å². The highest BCUT2D eigenvalue weighted by Gasteiger charge is 2.32. The van der Waals surface area contributed by atoms with Crippen LogP contribution in [0.4, 0.5) is 19.0 Å². The van der Waals surface area contributed by atoms with Gasteiger partial charge in [-0.2, -0.15) is 13.2 Å². The molecule has 0 aliphatic carbocycles. The maximum Gasteiger partial charge on any atom is 0.433 e. The molecule has 8 nitrogen and oxygen atoms in total. The minimum absolute atomic E-state index is 0.105. The number of anilines is 1. The Morgan fingerprint density at radius 1 is 0.927 bits per heavy atom. The van der Waals surface area contributed by atoms with E-state index in [1.165, 1.54) is 12.4 Å². The van der Waals surface area contributed by atoms with Gasteiger partial charge in [-0.05, 0) is 42.7 Å². The van der Waals surface area contributed by atoms with Crippen LogP contribution < -0.4 is 10.2 Å². The molecule has 0 saturated carbocycles. The van der Waals surface area contributed by atoms with Gasteiger partial charge in [0.2, 0.25) is 0 Å². The van der Waals surface area contributed by atoms with Gasteiger partial charge in [-0.15, -0.1) is 0 Å². The maximum absolute atomic E-state index is 13.2. The predicted molar refractivity (Wildman–Crippen MR) is 150 cm³/mol. The minimum Gasteiger partial charge on any atom is -0.374 e. The van der Waals surface area contributed by atoms with E-state index in [4.69, 9.17) is 16.6 Å². The molecule has 2 N–H and O–H groups in total. The fraction of sp³-hybridized carbons (Fsp3) is 0.241. The fourth-order valence-electron chi connectivity index (χ4n) is 5.08. The van der Waals surface area contributed by atoms with E-state index in [0.29, 0.717) is 52.2 Å². The third-order valence-corrected chi connectivity index (χ3v) is 7.47. The zero-order valence-electron chi connectivity index (χ0n) is 21.6. The Bertz CT molecular complexity index is 1650. The van der Waals surface area contributed by atoms with Crippen molar-refractivity contribution in [2.24, 2.45) is 0 Å². The maximum atomic E-state index is 13.2. The molecule has 0 amide bonds. The van der Waals surface area contributed by atoms with Crippen LogP contribution in [-0.2, 0) is 6.18 Å². The highest BCUT2D eigenvalue weighted by Crippen LogP contribution is 2.36. The van der Waals surface area contributed by atoms with Crippen molar-refractivity contribution in [3.63, 3.8) is 0 Å². The number of nitrogens with zero attached hydrogens (tertiary/aromatic N) is 6. The van der Waals surface area contributed by atoms with Crippen LogP contribution in [0.2, 0.25) is 5.02 Å². The SMILES string of the molecule is OC(NC1CCN(c2ncnc3c2nc(-c2ccccc2Cl)n3-c2ccc(C(F)(F)F)nc2)CC1)c1ccccc1. The molecule has 4 heterocycles. The number of halogens is 4. The van der Waals surface area contributed by atoms with Crippen molar-refractivity contribution in [1.29, 1.82) is 0 Å². The lowest BCUT2D eigenvalue weighted by molar-refractivity contribution is -0.141. The van der Waals surface area contributed by atoms with Gasteiger partial charge in [0.25, 0.3) is 0 Å². The molecule has 0 bridgehead atoms. The number of aromatic nitrogens is 5. The Morgan fingerprint density at radius 2 is 1.66 bits per heavy atom. The molecule has 0 spiro atoms. The van der Waals surface area contributed by atoms with Crippen molar-refractivity contribution in [2.45, 2.75) is 31.3 Å². The topological polar surface area (TPSA) is 92.0 Å². The molecule has 6 rings (SSSR count). The number of hydrogen-bond acceptors (Lipinski definition) is 7. The number of rotatable bonds is 6. The lowest BCUT2D eigenvalue weighted by Gasteiger charge is -2.34. The van der Waals surface area contributed by atoms with Crippen LogP contribution in [0.5, 0.6) is 0 Å². The van der Waals surface area contributed by atoms with Crippen LogP contribution in [0.3, 0.4) is 0 Å². The van der Waals surface area contributed by atoms with Crippen LogP contribution in [0.1, 0.15) is 30.3 Å². The molecule has 1 unspecified atom stereocenters. The Morgan fingerprint density at radius 3 is 2.34 bits per heavy atom. The first-order valence-corrected chi connectivity index (χ1v) is 13.4. The summed E-state index contributed by atoms with van der Waals surface area (Å²) in [5.74, 6) is 1.03. The number of nitrogens with one attached hydrogen (secondary N) is 1. The lowest BCUT2D eigenvalue weighted by Crippen LogP contribution is -2.44. The molecule has 1 atom stereocenters. The zero-order valence-corrected chi connectivity index (χ0v) is 22.4. The monoisotopic (exact) mass is 579 g/mol. The molecule has 2 aromatic carbocycles. The van der Waals surface area contributed by atoms with Crippen LogP contribution in [0, 0.1) is 0 Å². The summed E-state index contributed by atoms with van der Waals surface area (Å²) in [6.45, 7) is 1.31. The van der Waals surface area contributed by atoms with Gasteiger partial charge in [-0.1, -0.05) is 54.1 Å². The predicted octanol–water partition coefficient (Wildman–Crippen LogP) is 5.80. The first kappa shape index (κ1) is 27.1. The van der Waals surface area contributed by atoms with E-state index in [-0.39, 0.29) is 6.04 Å². The molecule has 1 aliphatic rings. The van der Waals surface area contributed by atoms with Crippen molar-refractivity contribution < 1.29 is 18.3 Å². The molecule has 1 fully saturated rings. The Kier molecular flexibility index (Phi) is 7.33. The van der Waals surface area contributed by atoms with Gasteiger partial charge in [0.05, 0.1) is 16.9 Å². The van der Waals surface area contributed by atoms with Crippen LogP contribution in [0.15, 0.2) is 79.3 Å². The summed E-state index contributed by atoms with van der Waals surface area (Å²) >= 11 is 6.53. The second kappa shape index (κ2) is 11.1. The number of aliphatic hydroxyl groups is 1. The first-order valence-electron chi connectivity index (χ1n) is 13.1. The van der Waals surface area contributed by atoms with Gasteiger partial charge < -0.3 is 10.0 Å². The standard InChI is InChI=1S/C29H25ClF3N7O/c30-22-9-5-4-8-21(22)25-38-24-26(39-14-12-19(13-15-39)37-28(41)18-6-2-1-3-7-18)35-17-36-27(24)40(25)20-10-11-23(34-16-20)29(31,32)33/h1-11,16-17,19,28,37,41H,12-15H2. The number of fused-ring (bicyclic) bond motifs is 1. The molecular formula is C29H25ClF3N7O. The van der Waals surface area contributed by atoms with Crippen molar-refractivity contribution >= 4 is 28.6 Å². The number of imidazole rings is 1. The van der Waals surface area contributed by atoms with E-state index in [9.17, 15) is 18.3 Å². The fourth-order valence-corrected chi connectivity index (χ4v) is 5.30. The third-order valence-electron chi connectivity index (χ3n) is 7.14. The quantitative estimate of drug-likeness (QED) is 0.246. The molecule has 1 aliphatic heterocycles. The number of piperidine rings is 1. The van der Waals surface area contributed by atoms with Crippen LogP contribution in [0.25, 0.3) is 28.2 Å². The Labute approximate surface area is 238 Å². The number of pyridine rings is 1. The summed E-state index contributed by atoms with van der Waals surface area (Å²) in [7, 11) is 0. The van der Waals surface area contributed by atoms with Gasteiger partial charge >= 0.3 is 6.18 Å². The van der Waals surface area contributed by atoms with Crippen molar-refractivity contribution in [1.82, 2.24) is 29.8 Å². The summed E-state index contributed by atoms with van der Waals surface area (Å²) in [5, 5.41) is 14.3. The van der Waals surface area contributed by atoms with Gasteiger partial charge in [0, 0.05) is 24.7 Å². The van der Waals surface area contributed by atoms with Crippen LogP contribution >= 0.6 is 11.6 Å². The van der Waals surface area contributed by atoms with E-state index in [0.717, 1.165) is 30.7 Å². The second-order valence-electron chi connectivity index (χ2n) is 9.76. The highest BCUT2D eigenvalue weighted by atomic mass is 35.5. The van der Waals surface area contributed by atoms with Gasteiger partial charge in [0.15, 0.2) is 17.0 Å². The molecule has 0 radical (unpaired) electrons. The van der Waals surface area contributed by atoms with Crippen LogP contribution in [-0.4, -0.2) is 48.7 Å². The summed E-state index contributed by atoms with van der Waals surface area (Å²) in [4.78, 5) is 19.7. The summed E-state index contributed by atoms with van der Waals surface area (Å²) in [6, 6.07) is 18.9. The average Bonchev–Trinajstić information content (AvgIpc) is 3.37. The zero-order chi connectivity index (χ0) is 28.6. The highest BCUT2D eigenvalue weighted by molar-refractivity contribution is 6.33. The van der Waals surface area contributed by atoms with Gasteiger partial charge in [0.1, 0.15) is 24.1 Å². The number of hydrogen-bond donors (Lipinski definition) is 2. The Balaban J connectivity index is 1.34. The molecular weight excluding hydrogens is 555 g/mol. The van der Waals surface area contributed by atoms with Crippen molar-refractivity contribution in [2.75, 3.05) is 18.0 Å². The number of benzene rings is 2. The van der Waals surface area contributed by atoms with E-state index >= 15 is 0 Å². The molecule has 41 heavy (non-hydrogen) atoms. The average molecular weight is 580 g/mol. The van der Waals surface area contributed by atoms with E-state index < -0.39 is 18.1 Å².